The summed E-state index contributed by atoms with van der Waals surface area (Å²) in [6.07, 6.45) is 2.66. The van der Waals surface area contributed by atoms with Crippen LogP contribution in [0.4, 0.5) is 0 Å². The Morgan fingerprint density at radius 1 is 1.25 bits per heavy atom. The predicted octanol–water partition coefficient (Wildman–Crippen LogP) is 0.858. The van der Waals surface area contributed by atoms with Crippen molar-refractivity contribution in [2.45, 2.75) is 26.2 Å². The summed E-state index contributed by atoms with van der Waals surface area (Å²) in [5, 5.41) is 3.08. The Morgan fingerprint density at radius 3 is 2.56 bits per heavy atom. The highest BCUT2D eigenvalue weighted by Gasteiger charge is 2.19. The molecule has 0 aromatic rings. The molecule has 1 unspecified atom stereocenters. The number of unbranched alkanes of at least 4 members (excludes halogenated alkanes) is 1. The van der Waals surface area contributed by atoms with Crippen LogP contribution >= 0.6 is 7.82 Å². The number of hydrogen-bond donors (Lipinski definition) is 3. The van der Waals surface area contributed by atoms with E-state index < -0.39 is 7.82 Å². The van der Waals surface area contributed by atoms with Crippen molar-refractivity contribution < 1.29 is 18.5 Å². The molecule has 0 rings (SSSR count). The van der Waals surface area contributed by atoms with Crippen molar-refractivity contribution >= 4 is 7.82 Å². The third-order valence-corrected chi connectivity index (χ3v) is 2.82. The minimum atomic E-state index is -3.83. The van der Waals surface area contributed by atoms with Gasteiger partial charge in [0.1, 0.15) is 0 Å². The zero-order valence-corrected chi connectivity index (χ0v) is 10.7. The van der Waals surface area contributed by atoms with E-state index in [1.54, 1.807) is 0 Å². The SMILES string of the molecule is CCCOP(=O)(O)OCCNCCCCN. The van der Waals surface area contributed by atoms with Crippen molar-refractivity contribution in [1.29, 1.82) is 0 Å². The fraction of sp³-hybridized carbons (Fsp3) is 1.00. The van der Waals surface area contributed by atoms with Crippen molar-refractivity contribution in [3.8, 4) is 0 Å². The van der Waals surface area contributed by atoms with Gasteiger partial charge in [-0.25, -0.2) is 4.57 Å². The summed E-state index contributed by atoms with van der Waals surface area (Å²) >= 11 is 0. The number of rotatable bonds is 11. The molecule has 0 radical (unpaired) electrons. The van der Waals surface area contributed by atoms with Crippen LogP contribution in [0.3, 0.4) is 0 Å². The highest BCUT2D eigenvalue weighted by atomic mass is 31.2. The van der Waals surface area contributed by atoms with E-state index in [2.05, 4.69) is 9.84 Å². The molecule has 0 aromatic heterocycles. The zero-order chi connectivity index (χ0) is 12.3. The summed E-state index contributed by atoms with van der Waals surface area (Å²) in [5.41, 5.74) is 5.33. The molecule has 6 nitrogen and oxygen atoms in total. The Bertz CT molecular complexity index is 204. The maximum Gasteiger partial charge on any atom is 0.472 e. The maximum absolute atomic E-state index is 11.2. The van der Waals surface area contributed by atoms with E-state index in [1.807, 2.05) is 6.92 Å². The average molecular weight is 254 g/mol. The molecule has 98 valence electrons. The minimum Gasteiger partial charge on any atom is -0.330 e. The third-order valence-electron chi connectivity index (χ3n) is 1.80. The lowest BCUT2D eigenvalue weighted by atomic mass is 10.3. The van der Waals surface area contributed by atoms with E-state index in [-0.39, 0.29) is 13.2 Å². The molecule has 0 aliphatic carbocycles. The number of nitrogens with two attached hydrogens (primary N) is 1. The molecule has 0 saturated heterocycles. The first-order chi connectivity index (χ1) is 7.62. The molecule has 0 aliphatic heterocycles. The summed E-state index contributed by atoms with van der Waals surface area (Å²) in [6, 6.07) is 0. The maximum atomic E-state index is 11.2. The Balaban J connectivity index is 3.32. The van der Waals surface area contributed by atoms with Crippen molar-refractivity contribution in [3.63, 3.8) is 0 Å². The Labute approximate surface area is 97.1 Å². The van der Waals surface area contributed by atoms with Gasteiger partial charge in [-0.05, 0) is 32.4 Å². The monoisotopic (exact) mass is 254 g/mol. The Morgan fingerprint density at radius 2 is 1.94 bits per heavy atom. The van der Waals surface area contributed by atoms with Crippen LogP contribution in [0.5, 0.6) is 0 Å². The van der Waals surface area contributed by atoms with Crippen LogP contribution in [0.1, 0.15) is 26.2 Å². The predicted molar refractivity (Wildman–Crippen MR) is 63.2 cm³/mol. The Hall–Kier alpha value is 0.0300. The number of phosphoric acid groups is 1. The minimum absolute atomic E-state index is 0.167. The van der Waals surface area contributed by atoms with E-state index in [0.29, 0.717) is 19.5 Å². The van der Waals surface area contributed by atoms with Crippen molar-refractivity contribution in [1.82, 2.24) is 5.32 Å². The van der Waals surface area contributed by atoms with Crippen LogP contribution in [-0.2, 0) is 13.6 Å². The van der Waals surface area contributed by atoms with Gasteiger partial charge >= 0.3 is 7.82 Å². The van der Waals surface area contributed by atoms with Gasteiger partial charge in [-0.15, -0.1) is 0 Å². The van der Waals surface area contributed by atoms with Gasteiger partial charge in [0.25, 0.3) is 0 Å². The topological polar surface area (TPSA) is 93.8 Å². The van der Waals surface area contributed by atoms with E-state index >= 15 is 0 Å². The van der Waals surface area contributed by atoms with Gasteiger partial charge in [0.05, 0.1) is 13.2 Å². The zero-order valence-electron chi connectivity index (χ0n) is 9.85. The first kappa shape index (κ1) is 16.0. The molecular weight excluding hydrogens is 231 g/mol. The summed E-state index contributed by atoms with van der Waals surface area (Å²) in [5.74, 6) is 0. The molecule has 16 heavy (non-hydrogen) atoms. The lowest BCUT2D eigenvalue weighted by Gasteiger charge is -2.11. The highest BCUT2D eigenvalue weighted by molar-refractivity contribution is 7.47. The van der Waals surface area contributed by atoms with Crippen LogP contribution in [0.15, 0.2) is 0 Å². The first-order valence-electron chi connectivity index (χ1n) is 5.65. The molecule has 0 bridgehead atoms. The second-order valence-corrected chi connectivity index (χ2v) is 4.83. The molecule has 0 fully saturated rings. The van der Waals surface area contributed by atoms with Gasteiger partial charge in [-0.1, -0.05) is 6.92 Å². The van der Waals surface area contributed by atoms with Gasteiger partial charge in [-0.3, -0.25) is 9.05 Å². The van der Waals surface area contributed by atoms with Crippen LogP contribution < -0.4 is 11.1 Å². The van der Waals surface area contributed by atoms with Gasteiger partial charge < -0.3 is 15.9 Å². The summed E-state index contributed by atoms with van der Waals surface area (Å²) in [4.78, 5) is 9.15. The Kier molecular flexibility index (Phi) is 10.2. The van der Waals surface area contributed by atoms with E-state index in [9.17, 15) is 4.57 Å². The van der Waals surface area contributed by atoms with Gasteiger partial charge in [0.15, 0.2) is 0 Å². The third kappa shape index (κ3) is 10.5. The van der Waals surface area contributed by atoms with E-state index in [0.717, 1.165) is 19.4 Å². The second kappa shape index (κ2) is 10.2. The smallest absolute Gasteiger partial charge is 0.330 e. The number of phosphoric ester groups is 1. The van der Waals surface area contributed by atoms with Crippen LogP contribution in [-0.4, -0.2) is 37.7 Å². The fourth-order valence-corrected chi connectivity index (χ4v) is 1.81. The number of nitrogens with one attached hydrogen (secondary N) is 1. The molecule has 0 aromatic carbocycles. The standard InChI is InChI=1S/C9H23N2O4P/c1-2-8-14-16(12,13)15-9-7-11-6-4-3-5-10/h11H,2-10H2,1H3,(H,12,13). The molecule has 4 N–H and O–H groups in total. The molecule has 0 spiro atoms. The number of hydrogen-bond acceptors (Lipinski definition) is 5. The van der Waals surface area contributed by atoms with Gasteiger partial charge in [0.2, 0.25) is 0 Å². The molecule has 0 heterocycles. The molecule has 1 atom stereocenters. The normalized spacial score (nSPS) is 14.9. The fourth-order valence-electron chi connectivity index (χ4n) is 0.996. The largest absolute Gasteiger partial charge is 0.472 e. The molecule has 0 saturated carbocycles. The van der Waals surface area contributed by atoms with Crippen LogP contribution in [0, 0.1) is 0 Å². The summed E-state index contributed by atoms with van der Waals surface area (Å²) in [7, 11) is -3.83. The molecule has 0 amide bonds. The molecule has 0 aliphatic rings. The molecule has 7 heteroatoms. The van der Waals surface area contributed by atoms with Crippen molar-refractivity contribution in [2.24, 2.45) is 5.73 Å². The lowest BCUT2D eigenvalue weighted by Crippen LogP contribution is -2.21. The quantitative estimate of drug-likeness (QED) is 0.374. The average Bonchev–Trinajstić information content (AvgIpc) is 2.25. The van der Waals surface area contributed by atoms with Gasteiger partial charge in [0, 0.05) is 6.54 Å². The van der Waals surface area contributed by atoms with Crippen LogP contribution in [0.2, 0.25) is 0 Å². The molecular formula is C9H23N2O4P. The van der Waals surface area contributed by atoms with E-state index in [4.69, 9.17) is 15.2 Å². The van der Waals surface area contributed by atoms with Crippen LogP contribution in [0.25, 0.3) is 0 Å². The second-order valence-electron chi connectivity index (χ2n) is 3.38. The van der Waals surface area contributed by atoms with Crippen molar-refractivity contribution in [3.05, 3.63) is 0 Å². The van der Waals surface area contributed by atoms with Gasteiger partial charge in [-0.2, -0.15) is 0 Å². The summed E-state index contributed by atoms with van der Waals surface area (Å²) in [6.45, 7) is 4.32. The lowest BCUT2D eigenvalue weighted by molar-refractivity contribution is 0.150. The first-order valence-corrected chi connectivity index (χ1v) is 7.14. The summed E-state index contributed by atoms with van der Waals surface area (Å²) < 4.78 is 20.6. The van der Waals surface area contributed by atoms with Crippen molar-refractivity contribution in [2.75, 3.05) is 32.8 Å². The van der Waals surface area contributed by atoms with E-state index in [1.165, 1.54) is 0 Å². The highest BCUT2D eigenvalue weighted by Crippen LogP contribution is 2.42.